The first-order chi connectivity index (χ1) is 21.1. The van der Waals surface area contributed by atoms with Gasteiger partial charge < -0.3 is 26.4 Å². The van der Waals surface area contributed by atoms with Crippen LogP contribution in [-0.4, -0.2) is 53.6 Å². The third kappa shape index (κ3) is 20.3. The fourth-order valence-corrected chi connectivity index (χ4v) is 4.73. The molecule has 7 nitrogen and oxygen atoms in total. The summed E-state index contributed by atoms with van der Waals surface area (Å²) in [6, 6.07) is 0.799. The smallest absolute Gasteiger partial charge is 0.302 e. The number of allylic oxidation sites excluding steroid dienone is 3. The van der Waals surface area contributed by atoms with Gasteiger partial charge in [-0.2, -0.15) is 0 Å². The quantitative estimate of drug-likeness (QED) is 0.103. The summed E-state index contributed by atoms with van der Waals surface area (Å²) in [5, 5.41) is 2.53. The number of ether oxygens (including phenoxy) is 1. The first-order valence-corrected chi connectivity index (χ1v) is 16.0. The standard InChI is InChI=1S/C23H31F3N4OS.C5H12.C4H8O2.C2H2/c1-14(4-5-15(2)27)6-7-29-22(31)23-30(8-9-32-23)16(3)10-18(28)11-17-12-20(25)21(26)13-19(17)24;1-4-5(2)3;1-3-6-4(2)5;1-2/h4-5,12-13,18,23H,3,6-11,27-28H2,1-2H3,(H,29,31);5H,4H2,1-3H3;3H2,1-2H3;1-2H/b14-4+,15-5+;;;. The summed E-state index contributed by atoms with van der Waals surface area (Å²) in [4.78, 5) is 24.4. The van der Waals surface area contributed by atoms with Crippen molar-refractivity contribution >= 4 is 23.6 Å². The van der Waals surface area contributed by atoms with Crippen LogP contribution in [0, 0.1) is 36.2 Å². The topological polar surface area (TPSA) is 111 Å². The summed E-state index contributed by atoms with van der Waals surface area (Å²) >= 11 is 1.52. The highest BCUT2D eigenvalue weighted by molar-refractivity contribution is 8.00. The Hall–Kier alpha value is -3.36. The molecule has 2 unspecified atom stereocenters. The molecule has 2 rings (SSSR count). The van der Waals surface area contributed by atoms with Crippen molar-refractivity contribution in [2.75, 3.05) is 25.4 Å². The molecule has 1 fully saturated rings. The van der Waals surface area contributed by atoms with Gasteiger partial charge in [0.15, 0.2) is 17.0 Å². The summed E-state index contributed by atoms with van der Waals surface area (Å²) in [6.07, 6.45) is 14.1. The monoisotopic (exact) mass is 654 g/mol. The highest BCUT2D eigenvalue weighted by Crippen LogP contribution is 2.29. The lowest BCUT2D eigenvalue weighted by atomic mass is 10.0. The van der Waals surface area contributed by atoms with Crippen LogP contribution in [0.1, 0.15) is 73.3 Å². The van der Waals surface area contributed by atoms with Crippen molar-refractivity contribution in [3.63, 3.8) is 0 Å². The maximum Gasteiger partial charge on any atom is 0.302 e. The Morgan fingerprint density at radius 3 is 2.20 bits per heavy atom. The number of carbonyl (C=O) groups excluding carboxylic acids is 2. The molecule has 1 aliphatic rings. The number of nitrogens with two attached hydrogens (primary N) is 2. The third-order valence-electron chi connectivity index (χ3n) is 6.20. The van der Waals surface area contributed by atoms with E-state index < -0.39 is 28.9 Å². The molecule has 1 aliphatic heterocycles. The fraction of sp³-hybridized carbons (Fsp3) is 0.529. The first-order valence-electron chi connectivity index (χ1n) is 14.9. The van der Waals surface area contributed by atoms with Crippen LogP contribution in [-0.2, 0) is 20.7 Å². The Balaban J connectivity index is 0. The zero-order chi connectivity index (χ0) is 35.1. The first kappa shape index (κ1) is 43.8. The number of halogens is 3. The lowest BCUT2D eigenvalue weighted by molar-refractivity contribution is -0.140. The number of esters is 1. The van der Waals surface area contributed by atoms with Crippen molar-refractivity contribution < 1.29 is 27.5 Å². The summed E-state index contributed by atoms with van der Waals surface area (Å²) in [5.41, 5.74) is 14.2. The second-order valence-electron chi connectivity index (χ2n) is 10.7. The number of terminal acetylenes is 1. The van der Waals surface area contributed by atoms with Crippen LogP contribution in [0.5, 0.6) is 0 Å². The number of rotatable bonds is 12. The second kappa shape index (κ2) is 24.9. The zero-order valence-corrected chi connectivity index (χ0v) is 28.7. The highest BCUT2D eigenvalue weighted by atomic mass is 32.2. The van der Waals surface area contributed by atoms with Crippen molar-refractivity contribution in [2.24, 2.45) is 17.4 Å². The van der Waals surface area contributed by atoms with Gasteiger partial charge in [-0.15, -0.1) is 24.6 Å². The second-order valence-corrected chi connectivity index (χ2v) is 11.9. The van der Waals surface area contributed by atoms with Crippen LogP contribution in [0.4, 0.5) is 13.2 Å². The molecule has 45 heavy (non-hydrogen) atoms. The Labute approximate surface area is 273 Å². The van der Waals surface area contributed by atoms with Crippen molar-refractivity contribution in [1.29, 1.82) is 0 Å². The lowest BCUT2D eigenvalue weighted by Crippen LogP contribution is -2.42. The Bertz CT molecular complexity index is 1140. The molecule has 1 aromatic carbocycles. The number of nitrogens with one attached hydrogen (secondary N) is 1. The van der Waals surface area contributed by atoms with Gasteiger partial charge in [-0.05, 0) is 57.2 Å². The molecule has 1 amide bonds. The molecule has 0 aliphatic carbocycles. The number of thioether (sulfide) groups is 1. The van der Waals surface area contributed by atoms with E-state index in [-0.39, 0.29) is 23.9 Å². The van der Waals surface area contributed by atoms with Gasteiger partial charge in [0.2, 0.25) is 0 Å². The molecule has 1 saturated heterocycles. The highest BCUT2D eigenvalue weighted by Gasteiger charge is 2.32. The number of amides is 1. The maximum atomic E-state index is 13.9. The van der Waals surface area contributed by atoms with Crippen molar-refractivity contribution in [3.05, 3.63) is 70.8 Å². The van der Waals surface area contributed by atoms with Crippen LogP contribution in [0.15, 0.2) is 47.8 Å². The van der Waals surface area contributed by atoms with Gasteiger partial charge in [-0.1, -0.05) is 45.4 Å². The molecule has 0 aromatic heterocycles. The predicted octanol–water partition coefficient (Wildman–Crippen LogP) is 6.44. The molecule has 2 atom stereocenters. The van der Waals surface area contributed by atoms with Crippen molar-refractivity contribution in [2.45, 2.75) is 85.6 Å². The van der Waals surface area contributed by atoms with Gasteiger partial charge in [-0.25, -0.2) is 13.2 Å². The maximum absolute atomic E-state index is 13.9. The van der Waals surface area contributed by atoms with Gasteiger partial charge in [0.1, 0.15) is 5.82 Å². The third-order valence-corrected chi connectivity index (χ3v) is 7.41. The van der Waals surface area contributed by atoms with Crippen molar-refractivity contribution in [3.8, 4) is 12.8 Å². The van der Waals surface area contributed by atoms with Gasteiger partial charge >= 0.3 is 5.97 Å². The molecule has 0 saturated carbocycles. The van der Waals surface area contributed by atoms with Gasteiger partial charge in [0.05, 0.1) is 6.61 Å². The van der Waals surface area contributed by atoms with E-state index in [0.717, 1.165) is 29.0 Å². The molecule has 0 radical (unpaired) electrons. The largest absolute Gasteiger partial charge is 0.466 e. The summed E-state index contributed by atoms with van der Waals surface area (Å²) in [5.74, 6) is -1.84. The summed E-state index contributed by atoms with van der Waals surface area (Å²) < 4.78 is 44.8. The van der Waals surface area contributed by atoms with Gasteiger partial charge in [-0.3, -0.25) is 9.59 Å². The van der Waals surface area contributed by atoms with Crippen molar-refractivity contribution in [1.82, 2.24) is 10.2 Å². The molecule has 0 spiro atoms. The lowest BCUT2D eigenvalue weighted by Gasteiger charge is -2.28. The molecule has 11 heteroatoms. The molecule has 1 aromatic rings. The van der Waals surface area contributed by atoms with E-state index in [0.29, 0.717) is 44.3 Å². The number of hydrogen-bond acceptors (Lipinski definition) is 7. The SMILES string of the molecule is C#C.C=C(CC(N)Cc1cc(F)c(F)cc1F)N1CCSC1C(=O)NCC/C(C)=C/C=C(\C)N.CCC(C)C.CCOC(C)=O. The molecule has 1 heterocycles. The Morgan fingerprint density at radius 1 is 1.13 bits per heavy atom. The molecule has 5 N–H and O–H groups in total. The van der Waals surface area contributed by atoms with Crippen LogP contribution in [0.25, 0.3) is 0 Å². The van der Waals surface area contributed by atoms with Crippen LogP contribution < -0.4 is 16.8 Å². The Kier molecular flexibility index (Phi) is 24.2. The van der Waals surface area contributed by atoms with E-state index in [1.54, 1.807) is 6.92 Å². The van der Waals surface area contributed by atoms with Crippen LogP contribution >= 0.6 is 11.8 Å². The summed E-state index contributed by atoms with van der Waals surface area (Å²) in [6.45, 7) is 19.3. The average Bonchev–Trinajstić information content (AvgIpc) is 3.47. The number of nitrogens with zero attached hydrogens (tertiary/aromatic N) is 1. The number of hydrogen-bond donors (Lipinski definition) is 3. The molecule has 0 bridgehead atoms. The zero-order valence-electron chi connectivity index (χ0n) is 27.9. The molecular weight excluding hydrogens is 601 g/mol. The van der Waals surface area contributed by atoms with E-state index in [1.165, 1.54) is 25.1 Å². The van der Waals surface area contributed by atoms with Crippen LogP contribution in [0.2, 0.25) is 0 Å². The minimum Gasteiger partial charge on any atom is -0.466 e. The number of carbonyl (C=O) groups is 2. The predicted molar refractivity (Wildman–Crippen MR) is 181 cm³/mol. The van der Waals surface area contributed by atoms with Crippen LogP contribution in [0.3, 0.4) is 0 Å². The van der Waals surface area contributed by atoms with Gasteiger partial charge in [0, 0.05) is 55.7 Å². The van der Waals surface area contributed by atoms with E-state index >= 15 is 0 Å². The number of benzene rings is 1. The average molecular weight is 655 g/mol. The minimum atomic E-state index is -1.23. The Morgan fingerprint density at radius 2 is 1.71 bits per heavy atom. The van der Waals surface area contributed by atoms with E-state index in [1.807, 2.05) is 30.9 Å². The summed E-state index contributed by atoms with van der Waals surface area (Å²) in [7, 11) is 0. The van der Waals surface area contributed by atoms with Gasteiger partial charge in [0.25, 0.3) is 5.91 Å². The van der Waals surface area contributed by atoms with E-state index in [9.17, 15) is 22.8 Å². The normalized spacial score (nSPS) is 15.0. The molecule has 254 valence electrons. The van der Waals surface area contributed by atoms with E-state index in [2.05, 4.69) is 50.3 Å². The minimum absolute atomic E-state index is 0.0115. The van der Waals surface area contributed by atoms with E-state index in [4.69, 9.17) is 11.5 Å². The fourth-order valence-electron chi connectivity index (χ4n) is 3.54. The molecular formula is C34H53F3N4O3S.